The summed E-state index contributed by atoms with van der Waals surface area (Å²) >= 11 is 0. The molecule has 1 heteroatoms. The van der Waals surface area contributed by atoms with E-state index in [1.54, 1.807) is 0 Å². The van der Waals surface area contributed by atoms with E-state index in [0.29, 0.717) is 0 Å². The minimum Gasteiger partial charge on any atom is -0.299 e. The summed E-state index contributed by atoms with van der Waals surface area (Å²) in [5, 5.41) is 0. The highest BCUT2D eigenvalue weighted by Gasteiger charge is 2.18. The Labute approximate surface area is 163 Å². The number of hydrogen-bond acceptors (Lipinski definition) is 1. The maximum Gasteiger partial charge on any atom is 0.0240 e. The van der Waals surface area contributed by atoms with Gasteiger partial charge in [0.05, 0.1) is 0 Å². The van der Waals surface area contributed by atoms with Gasteiger partial charge >= 0.3 is 0 Å². The van der Waals surface area contributed by atoms with E-state index in [9.17, 15) is 0 Å². The lowest BCUT2D eigenvalue weighted by Gasteiger charge is -2.28. The average Bonchev–Trinajstić information content (AvgIpc) is 2.70. The normalized spacial score (nSPS) is 15.0. The third-order valence-electron chi connectivity index (χ3n) is 5.84. The minimum atomic E-state index is 1.05. The highest BCUT2D eigenvalue weighted by atomic mass is 15.1. The zero-order chi connectivity index (χ0) is 18.6. The first-order valence-corrected chi connectivity index (χ1v) is 10.2. The Hall–Kier alpha value is -2.38. The van der Waals surface area contributed by atoms with E-state index in [1.165, 1.54) is 71.3 Å². The smallest absolute Gasteiger partial charge is 0.0240 e. The number of aryl methyl sites for hydroxylation is 2. The van der Waals surface area contributed by atoms with Crippen molar-refractivity contribution in [3.8, 4) is 22.3 Å². The Balaban J connectivity index is 1.88. The highest BCUT2D eigenvalue weighted by Crippen LogP contribution is 2.38. The monoisotopic (exact) mass is 355 g/mol. The van der Waals surface area contributed by atoms with Crippen LogP contribution in [0.25, 0.3) is 22.3 Å². The van der Waals surface area contributed by atoms with Crippen LogP contribution in [0.2, 0.25) is 0 Å². The summed E-state index contributed by atoms with van der Waals surface area (Å²) in [6.45, 7) is 7.94. The molecule has 0 atom stereocenters. The molecule has 0 amide bonds. The van der Waals surface area contributed by atoms with E-state index in [1.807, 2.05) is 0 Å². The van der Waals surface area contributed by atoms with E-state index in [0.717, 1.165) is 6.54 Å². The largest absolute Gasteiger partial charge is 0.299 e. The zero-order valence-electron chi connectivity index (χ0n) is 16.5. The molecule has 1 nitrogen and oxygen atoms in total. The van der Waals surface area contributed by atoms with E-state index < -0.39 is 0 Å². The Morgan fingerprint density at radius 1 is 0.630 bits per heavy atom. The summed E-state index contributed by atoms with van der Waals surface area (Å²) < 4.78 is 0. The van der Waals surface area contributed by atoms with Crippen LogP contribution in [0.3, 0.4) is 0 Å². The molecule has 4 rings (SSSR count). The molecule has 3 aromatic rings. The van der Waals surface area contributed by atoms with Crippen LogP contribution in [0.4, 0.5) is 0 Å². The van der Waals surface area contributed by atoms with Crippen molar-refractivity contribution in [3.63, 3.8) is 0 Å². The van der Waals surface area contributed by atoms with Gasteiger partial charge in [-0.1, -0.05) is 73.2 Å². The molecular weight excluding hydrogens is 326 g/mol. The molecule has 1 saturated heterocycles. The minimum absolute atomic E-state index is 1.05. The van der Waals surface area contributed by atoms with Crippen molar-refractivity contribution in [2.24, 2.45) is 0 Å². The molecule has 1 fully saturated rings. The first kappa shape index (κ1) is 18.0. The molecule has 0 N–H and O–H groups in total. The third-order valence-corrected chi connectivity index (χ3v) is 5.84. The molecule has 0 radical (unpaired) electrons. The summed E-state index contributed by atoms with van der Waals surface area (Å²) in [7, 11) is 0. The summed E-state index contributed by atoms with van der Waals surface area (Å²) in [5.41, 5.74) is 9.61. The van der Waals surface area contributed by atoms with Crippen LogP contribution in [0.15, 0.2) is 66.7 Å². The van der Waals surface area contributed by atoms with Crippen molar-refractivity contribution in [3.05, 3.63) is 83.4 Å². The lowest BCUT2D eigenvalue weighted by atomic mass is 9.87. The van der Waals surface area contributed by atoms with Crippen LogP contribution in [-0.4, -0.2) is 18.0 Å². The topological polar surface area (TPSA) is 3.24 Å². The van der Waals surface area contributed by atoms with Crippen LogP contribution in [-0.2, 0) is 6.54 Å². The molecule has 0 saturated carbocycles. The lowest BCUT2D eigenvalue weighted by Crippen LogP contribution is -2.29. The number of piperidine rings is 1. The van der Waals surface area contributed by atoms with Gasteiger partial charge in [0.15, 0.2) is 0 Å². The summed E-state index contributed by atoms with van der Waals surface area (Å²) in [6.07, 6.45) is 4.04. The van der Waals surface area contributed by atoms with Crippen molar-refractivity contribution in [1.29, 1.82) is 0 Å². The van der Waals surface area contributed by atoms with Gasteiger partial charge in [-0.3, -0.25) is 4.90 Å². The molecular formula is C26H29N. The van der Waals surface area contributed by atoms with Gasteiger partial charge in [-0.05, 0) is 78.7 Å². The first-order chi connectivity index (χ1) is 13.2. The van der Waals surface area contributed by atoms with Crippen molar-refractivity contribution in [2.75, 3.05) is 13.1 Å². The molecule has 0 aliphatic carbocycles. The second kappa shape index (κ2) is 8.10. The third kappa shape index (κ3) is 3.84. The number of likely N-dealkylation sites (tertiary alicyclic amines) is 1. The van der Waals surface area contributed by atoms with Crippen molar-refractivity contribution in [2.45, 2.75) is 39.7 Å². The Kier molecular flexibility index (Phi) is 5.40. The molecule has 138 valence electrons. The number of nitrogens with zero attached hydrogens (tertiary/aromatic N) is 1. The van der Waals surface area contributed by atoms with Crippen molar-refractivity contribution in [1.82, 2.24) is 4.90 Å². The standard InChI is InChI=1S/C26H29N/c1-20-11-4-6-14-23(20)25-16-10-13-22(19-27-17-8-3-9-18-27)26(25)24-15-7-5-12-21(24)2/h4-7,10-16H,3,8-9,17-19H2,1-2H3. The van der Waals surface area contributed by atoms with Crippen LogP contribution < -0.4 is 0 Å². The fourth-order valence-corrected chi connectivity index (χ4v) is 4.36. The summed E-state index contributed by atoms with van der Waals surface area (Å²) in [4.78, 5) is 2.63. The molecule has 3 aromatic carbocycles. The predicted octanol–water partition coefficient (Wildman–Crippen LogP) is 6.62. The molecule has 0 bridgehead atoms. The molecule has 0 aromatic heterocycles. The quantitative estimate of drug-likeness (QED) is 0.508. The van der Waals surface area contributed by atoms with Crippen molar-refractivity contribution >= 4 is 0 Å². The Morgan fingerprint density at radius 2 is 1.22 bits per heavy atom. The SMILES string of the molecule is Cc1ccccc1-c1cccc(CN2CCCCC2)c1-c1ccccc1C. The second-order valence-electron chi connectivity index (χ2n) is 7.81. The predicted molar refractivity (Wildman–Crippen MR) is 116 cm³/mol. The maximum atomic E-state index is 2.63. The van der Waals surface area contributed by atoms with Gasteiger partial charge < -0.3 is 0 Å². The molecule has 1 aliphatic heterocycles. The van der Waals surface area contributed by atoms with Gasteiger partial charge in [-0.15, -0.1) is 0 Å². The van der Waals surface area contributed by atoms with Crippen LogP contribution in [0.1, 0.15) is 36.0 Å². The van der Waals surface area contributed by atoms with Gasteiger partial charge in [0.1, 0.15) is 0 Å². The highest BCUT2D eigenvalue weighted by molar-refractivity contribution is 5.88. The van der Waals surface area contributed by atoms with E-state index in [4.69, 9.17) is 0 Å². The number of hydrogen-bond donors (Lipinski definition) is 0. The Bertz CT molecular complexity index is 919. The molecule has 27 heavy (non-hydrogen) atoms. The van der Waals surface area contributed by atoms with Crippen molar-refractivity contribution < 1.29 is 0 Å². The van der Waals surface area contributed by atoms with Gasteiger partial charge in [0.2, 0.25) is 0 Å². The molecule has 1 aliphatic rings. The van der Waals surface area contributed by atoms with Gasteiger partial charge in [0.25, 0.3) is 0 Å². The van der Waals surface area contributed by atoms with E-state index >= 15 is 0 Å². The second-order valence-corrected chi connectivity index (χ2v) is 7.81. The van der Waals surface area contributed by atoms with Crippen LogP contribution in [0, 0.1) is 13.8 Å². The first-order valence-electron chi connectivity index (χ1n) is 10.2. The summed E-state index contributed by atoms with van der Waals surface area (Å²) in [6, 6.07) is 24.4. The van der Waals surface area contributed by atoms with Gasteiger partial charge in [0, 0.05) is 6.54 Å². The van der Waals surface area contributed by atoms with Crippen LogP contribution in [0.5, 0.6) is 0 Å². The van der Waals surface area contributed by atoms with E-state index in [2.05, 4.69) is 85.5 Å². The van der Waals surface area contributed by atoms with Gasteiger partial charge in [-0.25, -0.2) is 0 Å². The molecule has 1 heterocycles. The lowest BCUT2D eigenvalue weighted by molar-refractivity contribution is 0.221. The van der Waals surface area contributed by atoms with Crippen LogP contribution >= 0.6 is 0 Å². The maximum absolute atomic E-state index is 2.63. The summed E-state index contributed by atoms with van der Waals surface area (Å²) in [5.74, 6) is 0. The number of rotatable bonds is 4. The molecule has 0 unspecified atom stereocenters. The fraction of sp³-hybridized carbons (Fsp3) is 0.308. The van der Waals surface area contributed by atoms with E-state index in [-0.39, 0.29) is 0 Å². The molecule has 0 spiro atoms. The fourth-order valence-electron chi connectivity index (χ4n) is 4.36. The average molecular weight is 356 g/mol. The number of benzene rings is 3. The van der Waals surface area contributed by atoms with Gasteiger partial charge in [-0.2, -0.15) is 0 Å². The Morgan fingerprint density at radius 3 is 1.89 bits per heavy atom. The zero-order valence-corrected chi connectivity index (χ0v) is 16.5.